The molecule has 2 aromatic rings. The molecule has 6 nitrogen and oxygen atoms in total. The van der Waals surface area contributed by atoms with Crippen molar-refractivity contribution in [3.63, 3.8) is 0 Å². The number of ether oxygens (including phenoxy) is 2. The summed E-state index contributed by atoms with van der Waals surface area (Å²) in [5.41, 5.74) is 4.24. The number of piperidine rings is 1. The first-order valence-electron chi connectivity index (χ1n) is 15.7. The summed E-state index contributed by atoms with van der Waals surface area (Å²) < 4.78 is 12.8. The molecule has 7 rings (SSSR count). The molecule has 1 saturated heterocycles. The van der Waals surface area contributed by atoms with Crippen LogP contribution in [0.5, 0.6) is 17.2 Å². The van der Waals surface area contributed by atoms with Gasteiger partial charge in [-0.15, -0.1) is 0 Å². The maximum Gasteiger partial charge on any atom is 0.246 e. The summed E-state index contributed by atoms with van der Waals surface area (Å²) in [6.45, 7) is 9.35. The highest BCUT2D eigenvalue weighted by Crippen LogP contribution is 2.65. The minimum atomic E-state index is -0.210. The maximum absolute atomic E-state index is 14.0. The number of amides is 1. The zero-order valence-corrected chi connectivity index (χ0v) is 24.9. The van der Waals surface area contributed by atoms with Crippen molar-refractivity contribution in [3.8, 4) is 17.2 Å². The number of benzene rings is 2. The average Bonchev–Trinajstić information content (AvgIpc) is 3.70. The summed E-state index contributed by atoms with van der Waals surface area (Å²) in [5.74, 6) is 3.42. The molecule has 2 heterocycles. The number of nitrogens with zero attached hydrogens (tertiary/aromatic N) is 2. The van der Waals surface area contributed by atoms with E-state index in [1.54, 1.807) is 19.3 Å². The van der Waals surface area contributed by atoms with Crippen LogP contribution in [0.2, 0.25) is 0 Å². The van der Waals surface area contributed by atoms with Crippen molar-refractivity contribution >= 4 is 12.0 Å². The van der Waals surface area contributed by atoms with Crippen LogP contribution in [-0.4, -0.2) is 65.7 Å². The summed E-state index contributed by atoms with van der Waals surface area (Å²) in [4.78, 5) is 18.8. The Morgan fingerprint density at radius 1 is 1.24 bits per heavy atom. The second kappa shape index (κ2) is 10.1. The molecule has 2 saturated carbocycles. The fourth-order valence-corrected chi connectivity index (χ4v) is 8.80. The minimum absolute atomic E-state index is 0.0378. The van der Waals surface area contributed by atoms with Gasteiger partial charge in [0.1, 0.15) is 11.9 Å². The van der Waals surface area contributed by atoms with E-state index in [4.69, 9.17) is 9.47 Å². The second-order valence-electron chi connectivity index (χ2n) is 13.7. The molecule has 218 valence electrons. The first-order valence-corrected chi connectivity index (χ1v) is 15.7. The lowest BCUT2D eigenvalue weighted by molar-refractivity contribution is -0.138. The van der Waals surface area contributed by atoms with Gasteiger partial charge in [-0.25, -0.2) is 0 Å². The van der Waals surface area contributed by atoms with E-state index in [1.165, 1.54) is 30.5 Å². The lowest BCUT2D eigenvalue weighted by Gasteiger charge is -2.60. The molecule has 0 unspecified atom stereocenters. The van der Waals surface area contributed by atoms with Crippen molar-refractivity contribution in [3.05, 3.63) is 58.7 Å². The van der Waals surface area contributed by atoms with Crippen LogP contribution in [0, 0.1) is 24.7 Å². The van der Waals surface area contributed by atoms with Gasteiger partial charge in [0, 0.05) is 47.8 Å². The van der Waals surface area contributed by atoms with Gasteiger partial charge in [0.15, 0.2) is 11.5 Å². The van der Waals surface area contributed by atoms with Crippen LogP contribution in [0.15, 0.2) is 36.4 Å². The Hall–Kier alpha value is -2.99. The van der Waals surface area contributed by atoms with Gasteiger partial charge in [0.25, 0.3) is 0 Å². The third kappa shape index (κ3) is 4.36. The summed E-state index contributed by atoms with van der Waals surface area (Å²) in [5, 5.41) is 11.3. The smallest absolute Gasteiger partial charge is 0.246 e. The third-order valence-electron chi connectivity index (χ3n) is 10.6. The van der Waals surface area contributed by atoms with E-state index in [2.05, 4.69) is 42.7 Å². The molecule has 3 fully saturated rings. The number of likely N-dealkylation sites (tertiary alicyclic amines) is 1. The van der Waals surface area contributed by atoms with Gasteiger partial charge in [-0.05, 0) is 81.4 Å². The molecular formula is C35H44N2O4. The number of phenolic OH excluding ortho intramolecular Hbond substituents is 1. The SMILES string of the molecule is COc1cc(O)c2c3c1O[C@H]1[C@@H](N(CC(C)C)C(=O)C=Cc4cccc(C)c4)CC[C@H]4[C@@H](C2)N(CC2CC2)CC[C@@]341. The molecule has 1 amide bonds. The van der Waals surface area contributed by atoms with E-state index in [1.807, 2.05) is 18.2 Å². The van der Waals surface area contributed by atoms with E-state index >= 15 is 0 Å². The standard InChI is InChI=1S/C35H44N2O4/c1-21(2)19-37(31(39)13-10-23-7-5-6-22(3)16-23)27-12-11-26-28-17-25-29(38)18-30(40-4)33-32(25)35(26,34(27)41-33)14-15-36(28)20-24-8-9-24/h5-7,10,13,16,18,21,24,26-28,34,38H,8-9,11-12,14-15,17,19-20H2,1-4H3/t26-,27-,28+,34-,35-/m0/s1. The predicted molar refractivity (Wildman–Crippen MR) is 160 cm³/mol. The Morgan fingerprint density at radius 3 is 2.80 bits per heavy atom. The van der Waals surface area contributed by atoms with E-state index in [0.29, 0.717) is 35.9 Å². The van der Waals surface area contributed by atoms with Crippen molar-refractivity contribution in [1.29, 1.82) is 0 Å². The molecule has 2 aliphatic heterocycles. The fraction of sp³-hybridized carbons (Fsp3) is 0.571. The lowest BCUT2D eigenvalue weighted by atomic mass is 9.50. The monoisotopic (exact) mass is 556 g/mol. The van der Waals surface area contributed by atoms with Crippen LogP contribution < -0.4 is 9.47 Å². The number of hydrogen-bond acceptors (Lipinski definition) is 5. The topological polar surface area (TPSA) is 62.2 Å². The summed E-state index contributed by atoms with van der Waals surface area (Å²) in [6.07, 6.45) is 10.1. The molecule has 3 aliphatic carbocycles. The van der Waals surface area contributed by atoms with Crippen molar-refractivity contribution in [2.45, 2.75) is 82.9 Å². The number of carbonyl (C=O) groups excluding carboxylic acids is 1. The van der Waals surface area contributed by atoms with E-state index < -0.39 is 0 Å². The number of aromatic hydroxyl groups is 1. The Balaban J connectivity index is 1.28. The number of rotatable bonds is 8. The van der Waals surface area contributed by atoms with Gasteiger partial charge < -0.3 is 19.5 Å². The van der Waals surface area contributed by atoms with Crippen molar-refractivity contribution in [2.75, 3.05) is 26.7 Å². The maximum atomic E-state index is 14.0. The third-order valence-corrected chi connectivity index (χ3v) is 10.6. The molecule has 0 radical (unpaired) electrons. The molecule has 5 atom stereocenters. The quantitative estimate of drug-likeness (QED) is 0.421. The second-order valence-corrected chi connectivity index (χ2v) is 13.7. The summed E-state index contributed by atoms with van der Waals surface area (Å²) in [7, 11) is 1.66. The van der Waals surface area contributed by atoms with Gasteiger partial charge in [-0.2, -0.15) is 0 Å². The highest BCUT2D eigenvalue weighted by Gasteiger charge is 2.67. The van der Waals surface area contributed by atoms with Crippen LogP contribution in [0.3, 0.4) is 0 Å². The molecular weight excluding hydrogens is 512 g/mol. The van der Waals surface area contributed by atoms with Crippen LogP contribution >= 0.6 is 0 Å². The van der Waals surface area contributed by atoms with E-state index in [-0.39, 0.29) is 23.5 Å². The first-order chi connectivity index (χ1) is 19.8. The lowest BCUT2D eigenvalue weighted by Crippen LogP contribution is -2.69. The average molecular weight is 557 g/mol. The van der Waals surface area contributed by atoms with Crippen LogP contribution in [0.4, 0.5) is 0 Å². The molecule has 1 N–H and O–H groups in total. The Bertz CT molecular complexity index is 1380. The summed E-state index contributed by atoms with van der Waals surface area (Å²) in [6, 6.07) is 10.4. The molecule has 1 spiro atoms. The zero-order valence-electron chi connectivity index (χ0n) is 24.9. The molecule has 5 aliphatic rings. The minimum Gasteiger partial charge on any atom is -0.508 e. The fourth-order valence-electron chi connectivity index (χ4n) is 8.80. The van der Waals surface area contributed by atoms with E-state index in [9.17, 15) is 9.90 Å². The summed E-state index contributed by atoms with van der Waals surface area (Å²) >= 11 is 0. The highest BCUT2D eigenvalue weighted by atomic mass is 16.5. The largest absolute Gasteiger partial charge is 0.508 e. The number of carbonyl (C=O) groups is 1. The highest BCUT2D eigenvalue weighted by molar-refractivity contribution is 5.92. The van der Waals surface area contributed by atoms with Gasteiger partial charge in [-0.3, -0.25) is 9.69 Å². The molecule has 6 heteroatoms. The number of phenols is 1. The van der Waals surface area contributed by atoms with Crippen LogP contribution in [0.1, 0.15) is 68.2 Å². The molecule has 41 heavy (non-hydrogen) atoms. The number of aryl methyl sites for hydroxylation is 1. The predicted octanol–water partition coefficient (Wildman–Crippen LogP) is 5.73. The molecule has 0 aromatic heterocycles. The number of hydrogen-bond donors (Lipinski definition) is 1. The Kier molecular flexibility index (Phi) is 6.61. The van der Waals surface area contributed by atoms with Crippen LogP contribution in [0.25, 0.3) is 6.08 Å². The van der Waals surface area contributed by atoms with Crippen LogP contribution in [-0.2, 0) is 16.6 Å². The van der Waals surface area contributed by atoms with Gasteiger partial charge in [0.2, 0.25) is 5.91 Å². The Labute approximate surface area is 244 Å². The van der Waals surface area contributed by atoms with Gasteiger partial charge in [-0.1, -0.05) is 43.7 Å². The van der Waals surface area contributed by atoms with Crippen molar-refractivity contribution < 1.29 is 19.4 Å². The molecule has 2 bridgehead atoms. The van der Waals surface area contributed by atoms with Gasteiger partial charge in [0.05, 0.1) is 13.2 Å². The van der Waals surface area contributed by atoms with Crippen molar-refractivity contribution in [1.82, 2.24) is 9.80 Å². The first kappa shape index (κ1) is 26.9. The Morgan fingerprint density at radius 2 is 2.07 bits per heavy atom. The van der Waals surface area contributed by atoms with Gasteiger partial charge >= 0.3 is 0 Å². The zero-order chi connectivity index (χ0) is 28.5. The number of methoxy groups -OCH3 is 1. The van der Waals surface area contributed by atoms with Crippen molar-refractivity contribution in [2.24, 2.45) is 17.8 Å². The normalized spacial score (nSPS) is 29.9. The van der Waals surface area contributed by atoms with E-state index in [0.717, 1.165) is 55.0 Å². The molecule has 2 aromatic carbocycles.